The van der Waals surface area contributed by atoms with Gasteiger partial charge in [0.05, 0.1) is 5.75 Å². The predicted molar refractivity (Wildman–Crippen MR) is 101 cm³/mol. The maximum atomic E-state index is 12.6. The molecule has 1 heterocycles. The smallest absolute Gasteiger partial charge is 0.238 e. The minimum Gasteiger partial charge on any atom is -0.351 e. The van der Waals surface area contributed by atoms with Crippen molar-refractivity contribution in [3.63, 3.8) is 0 Å². The summed E-state index contributed by atoms with van der Waals surface area (Å²) in [7, 11) is -3.41. The first-order chi connectivity index (χ1) is 12.3. The zero-order chi connectivity index (χ0) is 19.2. The van der Waals surface area contributed by atoms with Gasteiger partial charge in [0, 0.05) is 25.7 Å². The number of nitrogens with one attached hydrogen (secondary N) is 2. The second kappa shape index (κ2) is 9.14. The number of carbonyl (C=O) groups is 2. The van der Waals surface area contributed by atoms with Crippen LogP contribution >= 0.6 is 0 Å². The molecule has 1 atom stereocenters. The van der Waals surface area contributed by atoms with E-state index in [2.05, 4.69) is 10.6 Å². The molecule has 0 radical (unpaired) electrons. The summed E-state index contributed by atoms with van der Waals surface area (Å²) in [6.07, 6.45) is 2.70. The topological polar surface area (TPSA) is 95.6 Å². The number of sulfonamides is 1. The zero-order valence-electron chi connectivity index (χ0n) is 15.3. The highest BCUT2D eigenvalue weighted by Gasteiger charge is 2.35. The van der Waals surface area contributed by atoms with Gasteiger partial charge in [0.1, 0.15) is 6.04 Å². The molecule has 1 saturated heterocycles. The molecule has 1 aliphatic heterocycles. The van der Waals surface area contributed by atoms with Crippen LogP contribution in [0.1, 0.15) is 45.1 Å². The molecule has 0 spiro atoms. The lowest BCUT2D eigenvalue weighted by Crippen LogP contribution is -2.52. The number of hydrogen-bond acceptors (Lipinski definition) is 4. The summed E-state index contributed by atoms with van der Waals surface area (Å²) in [6.45, 7) is 3.93. The van der Waals surface area contributed by atoms with Crippen molar-refractivity contribution in [2.45, 2.75) is 52.1 Å². The van der Waals surface area contributed by atoms with Gasteiger partial charge < -0.3 is 10.6 Å². The van der Waals surface area contributed by atoms with Crippen molar-refractivity contribution >= 4 is 27.5 Å². The van der Waals surface area contributed by atoms with Crippen LogP contribution in [-0.2, 0) is 26.2 Å². The van der Waals surface area contributed by atoms with Crippen LogP contribution in [0.3, 0.4) is 0 Å². The highest BCUT2D eigenvalue weighted by atomic mass is 32.2. The van der Waals surface area contributed by atoms with E-state index < -0.39 is 16.1 Å². The zero-order valence-corrected chi connectivity index (χ0v) is 16.1. The van der Waals surface area contributed by atoms with E-state index in [1.54, 1.807) is 18.2 Å². The average Bonchev–Trinajstić information content (AvgIpc) is 2.59. The SMILES string of the molecule is CCCS(=O)(=O)N1CCCCC1C(=O)NCc1cccc(NC(C)=O)c1. The van der Waals surface area contributed by atoms with Crippen LogP contribution in [0.5, 0.6) is 0 Å². The molecule has 1 fully saturated rings. The summed E-state index contributed by atoms with van der Waals surface area (Å²) in [5.41, 5.74) is 1.50. The molecule has 2 N–H and O–H groups in total. The largest absolute Gasteiger partial charge is 0.351 e. The third-order valence-electron chi connectivity index (χ3n) is 4.29. The van der Waals surface area contributed by atoms with Crippen LogP contribution < -0.4 is 10.6 Å². The number of amides is 2. The van der Waals surface area contributed by atoms with Crippen LogP contribution in [0.4, 0.5) is 5.69 Å². The standard InChI is InChI=1S/C18H27N3O4S/c1-3-11-26(24,25)21-10-5-4-9-17(21)18(23)19-13-15-7-6-8-16(12-15)20-14(2)22/h6-8,12,17H,3-5,9-11,13H2,1-2H3,(H,19,23)(H,20,22). The Morgan fingerprint density at radius 3 is 2.73 bits per heavy atom. The van der Waals surface area contributed by atoms with E-state index in [9.17, 15) is 18.0 Å². The summed E-state index contributed by atoms with van der Waals surface area (Å²) >= 11 is 0. The van der Waals surface area contributed by atoms with Gasteiger partial charge in [-0.3, -0.25) is 9.59 Å². The van der Waals surface area contributed by atoms with Gasteiger partial charge in [0.2, 0.25) is 21.8 Å². The first kappa shape index (κ1) is 20.4. The summed E-state index contributed by atoms with van der Waals surface area (Å²) < 4.78 is 26.2. The van der Waals surface area contributed by atoms with Crippen molar-refractivity contribution in [2.24, 2.45) is 0 Å². The van der Waals surface area contributed by atoms with Crippen molar-refractivity contribution in [1.29, 1.82) is 0 Å². The van der Waals surface area contributed by atoms with E-state index in [4.69, 9.17) is 0 Å². The van der Waals surface area contributed by atoms with Crippen LogP contribution in [-0.4, -0.2) is 42.9 Å². The van der Waals surface area contributed by atoms with Gasteiger partial charge in [-0.15, -0.1) is 0 Å². The Labute approximate surface area is 155 Å². The van der Waals surface area contributed by atoms with Crippen molar-refractivity contribution in [2.75, 3.05) is 17.6 Å². The van der Waals surface area contributed by atoms with Crippen molar-refractivity contribution < 1.29 is 18.0 Å². The van der Waals surface area contributed by atoms with Crippen LogP contribution in [0.25, 0.3) is 0 Å². The van der Waals surface area contributed by atoms with Crippen LogP contribution in [0.15, 0.2) is 24.3 Å². The molecule has 0 bridgehead atoms. The Bertz CT molecular complexity index is 749. The monoisotopic (exact) mass is 381 g/mol. The summed E-state index contributed by atoms with van der Waals surface area (Å²) in [5, 5.41) is 5.53. The van der Waals surface area contributed by atoms with E-state index in [0.29, 0.717) is 25.1 Å². The molecule has 144 valence electrons. The molecule has 1 aromatic carbocycles. The highest BCUT2D eigenvalue weighted by molar-refractivity contribution is 7.89. The quantitative estimate of drug-likeness (QED) is 0.753. The fourth-order valence-corrected chi connectivity index (χ4v) is 4.89. The molecule has 0 saturated carbocycles. The number of rotatable bonds is 7. The summed E-state index contributed by atoms with van der Waals surface area (Å²) in [6, 6.07) is 6.56. The number of piperidine rings is 1. The molecular weight excluding hydrogens is 354 g/mol. The summed E-state index contributed by atoms with van der Waals surface area (Å²) in [4.78, 5) is 23.7. The minimum absolute atomic E-state index is 0.0650. The fraction of sp³-hybridized carbons (Fsp3) is 0.556. The maximum Gasteiger partial charge on any atom is 0.238 e. The van der Waals surface area contributed by atoms with Gasteiger partial charge in [0.15, 0.2) is 0 Å². The number of carbonyl (C=O) groups excluding carboxylic acids is 2. The number of benzene rings is 1. The van der Waals surface area contributed by atoms with Gasteiger partial charge in [-0.2, -0.15) is 4.31 Å². The Morgan fingerprint density at radius 1 is 1.27 bits per heavy atom. The molecular formula is C18H27N3O4S. The molecule has 1 unspecified atom stereocenters. The molecule has 26 heavy (non-hydrogen) atoms. The molecule has 8 heteroatoms. The van der Waals surface area contributed by atoms with Gasteiger partial charge in [-0.25, -0.2) is 8.42 Å². The number of nitrogens with zero attached hydrogens (tertiary/aromatic N) is 1. The molecule has 7 nitrogen and oxygen atoms in total. The second-order valence-electron chi connectivity index (χ2n) is 6.54. The Kier molecular flexibility index (Phi) is 7.16. The third-order valence-corrected chi connectivity index (χ3v) is 6.37. The molecule has 2 amide bonds. The van der Waals surface area contributed by atoms with E-state index in [0.717, 1.165) is 18.4 Å². The lowest BCUT2D eigenvalue weighted by Gasteiger charge is -2.33. The van der Waals surface area contributed by atoms with Gasteiger partial charge in [-0.1, -0.05) is 25.5 Å². The van der Waals surface area contributed by atoms with E-state index in [-0.39, 0.29) is 24.1 Å². The number of hydrogen-bond donors (Lipinski definition) is 2. The molecule has 2 rings (SSSR count). The molecule has 0 aliphatic carbocycles. The molecule has 0 aromatic heterocycles. The Hall–Kier alpha value is -1.93. The first-order valence-corrected chi connectivity index (χ1v) is 10.6. The van der Waals surface area contributed by atoms with Gasteiger partial charge >= 0.3 is 0 Å². The normalized spacial score (nSPS) is 18.3. The Morgan fingerprint density at radius 2 is 2.04 bits per heavy atom. The lowest BCUT2D eigenvalue weighted by atomic mass is 10.0. The fourth-order valence-electron chi connectivity index (χ4n) is 3.14. The van der Waals surface area contributed by atoms with E-state index >= 15 is 0 Å². The molecule has 1 aromatic rings. The Balaban J connectivity index is 2.02. The van der Waals surface area contributed by atoms with Crippen molar-refractivity contribution in [1.82, 2.24) is 9.62 Å². The second-order valence-corrected chi connectivity index (χ2v) is 8.58. The van der Waals surface area contributed by atoms with Crippen molar-refractivity contribution in [3.05, 3.63) is 29.8 Å². The van der Waals surface area contributed by atoms with Crippen LogP contribution in [0.2, 0.25) is 0 Å². The third kappa shape index (κ3) is 5.54. The minimum atomic E-state index is -3.41. The maximum absolute atomic E-state index is 12.6. The summed E-state index contributed by atoms with van der Waals surface area (Å²) in [5.74, 6) is -0.366. The highest BCUT2D eigenvalue weighted by Crippen LogP contribution is 2.21. The van der Waals surface area contributed by atoms with Gasteiger partial charge in [-0.05, 0) is 37.0 Å². The number of anilines is 1. The van der Waals surface area contributed by atoms with Crippen molar-refractivity contribution in [3.8, 4) is 0 Å². The molecule has 1 aliphatic rings. The lowest BCUT2D eigenvalue weighted by molar-refractivity contribution is -0.125. The van der Waals surface area contributed by atoms with E-state index in [1.807, 2.05) is 13.0 Å². The van der Waals surface area contributed by atoms with E-state index in [1.165, 1.54) is 11.2 Å². The van der Waals surface area contributed by atoms with Crippen LogP contribution in [0, 0.1) is 0 Å². The first-order valence-electron chi connectivity index (χ1n) is 8.97. The average molecular weight is 381 g/mol. The predicted octanol–water partition coefficient (Wildman–Crippen LogP) is 1.86. The van der Waals surface area contributed by atoms with Gasteiger partial charge in [0.25, 0.3) is 0 Å².